The number of nitrogens with zero attached hydrogens (tertiary/aromatic N) is 1. The van der Waals surface area contributed by atoms with E-state index >= 15 is 0 Å². The maximum atomic E-state index is 6.51. The normalized spacial score (nSPS) is 6.60. The van der Waals surface area contributed by atoms with Gasteiger partial charge in [-0.05, 0) is 13.6 Å². The third kappa shape index (κ3) is 3.34. The minimum absolute atomic E-state index is 0.269. The van der Waals surface area contributed by atoms with Crippen LogP contribution in [0.4, 0.5) is 0 Å². The van der Waals surface area contributed by atoms with Crippen molar-refractivity contribution in [1.29, 1.82) is 5.41 Å². The van der Waals surface area contributed by atoms with Crippen LogP contribution in [0.1, 0.15) is 6.92 Å². The van der Waals surface area contributed by atoms with Crippen LogP contribution in [0.5, 0.6) is 0 Å². The zero-order chi connectivity index (χ0) is 4.28. The molecule has 0 aliphatic carbocycles. The molecule has 0 radical (unpaired) electrons. The molecule has 0 heterocycles. The fraction of sp³-hybridized carbons (Fsp3) is 0.333. The van der Waals surface area contributed by atoms with Crippen molar-refractivity contribution in [2.75, 3.05) is 0 Å². The summed E-state index contributed by atoms with van der Waals surface area (Å²) in [5.74, 6) is 0.269. The lowest BCUT2D eigenvalue weighted by Crippen LogP contribution is -1.73. The first-order valence-electron chi connectivity index (χ1n) is 1.29. The van der Waals surface area contributed by atoms with Gasteiger partial charge in [-0.15, -0.1) is 0 Å². The Bertz CT molecular complexity index is 55.9. The Morgan fingerprint density at radius 3 is 2.20 bits per heavy atom. The summed E-state index contributed by atoms with van der Waals surface area (Å²) in [6.07, 6.45) is 0. The number of amidine groups is 1. The molecule has 0 aliphatic heterocycles. The van der Waals surface area contributed by atoms with Crippen LogP contribution in [0.3, 0.4) is 0 Å². The van der Waals surface area contributed by atoms with Crippen LogP contribution >= 0.6 is 0 Å². The van der Waals surface area contributed by atoms with Crippen molar-refractivity contribution in [3.8, 4) is 0 Å². The Morgan fingerprint density at radius 1 is 2.00 bits per heavy atom. The molecule has 0 amide bonds. The molecule has 2 heteroatoms. The molecular formula is C3H6N2. The van der Waals surface area contributed by atoms with Crippen molar-refractivity contribution in [1.82, 2.24) is 0 Å². The lowest BCUT2D eigenvalue weighted by atomic mass is 10.7. The molecule has 0 aromatic rings. The van der Waals surface area contributed by atoms with Gasteiger partial charge in [0.25, 0.3) is 0 Å². The van der Waals surface area contributed by atoms with Crippen molar-refractivity contribution < 1.29 is 0 Å². The first-order valence-corrected chi connectivity index (χ1v) is 1.29. The molecule has 0 aromatic carbocycles. The average molecular weight is 70.1 g/mol. The number of rotatable bonds is 0. The molecule has 0 bridgehead atoms. The minimum atomic E-state index is 0.269. The maximum absolute atomic E-state index is 6.51. The van der Waals surface area contributed by atoms with E-state index in [1.165, 1.54) is 0 Å². The lowest BCUT2D eigenvalue weighted by molar-refractivity contribution is 1.43. The first-order chi connectivity index (χ1) is 2.27. The molecule has 2 nitrogen and oxygen atoms in total. The fourth-order valence-electron chi connectivity index (χ4n) is 0. The van der Waals surface area contributed by atoms with Crippen LogP contribution in [0, 0.1) is 5.41 Å². The third-order valence-electron chi connectivity index (χ3n) is 0.237. The van der Waals surface area contributed by atoms with Gasteiger partial charge in [0.1, 0.15) is 5.84 Å². The number of hydrogen-bond donors (Lipinski definition) is 1. The van der Waals surface area contributed by atoms with E-state index in [0.29, 0.717) is 0 Å². The van der Waals surface area contributed by atoms with Crippen LogP contribution in [0.2, 0.25) is 0 Å². The molecule has 0 saturated carbocycles. The maximum Gasteiger partial charge on any atom is 0.116 e. The molecule has 28 valence electrons. The van der Waals surface area contributed by atoms with E-state index in [1.54, 1.807) is 6.92 Å². The van der Waals surface area contributed by atoms with Crippen molar-refractivity contribution in [3.63, 3.8) is 0 Å². The van der Waals surface area contributed by atoms with E-state index in [1.807, 2.05) is 0 Å². The van der Waals surface area contributed by atoms with E-state index in [-0.39, 0.29) is 5.84 Å². The molecular weight excluding hydrogens is 64.0 g/mol. The summed E-state index contributed by atoms with van der Waals surface area (Å²) < 4.78 is 0. The Balaban J connectivity index is 3.20. The summed E-state index contributed by atoms with van der Waals surface area (Å²) in [6.45, 7) is 4.66. The summed E-state index contributed by atoms with van der Waals surface area (Å²) in [5, 5.41) is 6.51. The molecule has 1 N–H and O–H groups in total. The van der Waals surface area contributed by atoms with Crippen LogP contribution in [-0.2, 0) is 0 Å². The number of aliphatic imine (C=N–C) groups is 1. The van der Waals surface area contributed by atoms with E-state index in [0.717, 1.165) is 0 Å². The molecule has 0 rings (SSSR count). The second-order valence-electron chi connectivity index (χ2n) is 0.744. The summed E-state index contributed by atoms with van der Waals surface area (Å²) in [4.78, 5) is 3.22. The fourth-order valence-corrected chi connectivity index (χ4v) is 0. The molecule has 0 unspecified atom stereocenters. The summed E-state index contributed by atoms with van der Waals surface area (Å²) in [5.41, 5.74) is 0. The van der Waals surface area contributed by atoms with Crippen LogP contribution in [0.15, 0.2) is 4.99 Å². The van der Waals surface area contributed by atoms with Gasteiger partial charge in [-0.25, -0.2) is 0 Å². The first kappa shape index (κ1) is 4.34. The van der Waals surface area contributed by atoms with E-state index in [2.05, 4.69) is 11.7 Å². The van der Waals surface area contributed by atoms with Crippen LogP contribution in [0.25, 0.3) is 0 Å². The zero-order valence-electron chi connectivity index (χ0n) is 3.15. The molecule has 5 heavy (non-hydrogen) atoms. The van der Waals surface area contributed by atoms with Gasteiger partial charge in [0, 0.05) is 0 Å². The SMILES string of the molecule is C=NC(C)=N. The van der Waals surface area contributed by atoms with Crippen LogP contribution in [-0.4, -0.2) is 12.6 Å². The highest BCUT2D eigenvalue weighted by molar-refractivity contribution is 5.80. The largest absolute Gasteiger partial charge is 0.287 e. The number of hydrogen-bond acceptors (Lipinski definition) is 1. The predicted molar refractivity (Wildman–Crippen MR) is 22.9 cm³/mol. The monoisotopic (exact) mass is 70.1 g/mol. The second-order valence-corrected chi connectivity index (χ2v) is 0.744. The minimum Gasteiger partial charge on any atom is -0.287 e. The molecule has 0 spiro atoms. The van der Waals surface area contributed by atoms with Gasteiger partial charge in [0.15, 0.2) is 0 Å². The van der Waals surface area contributed by atoms with E-state index in [4.69, 9.17) is 5.41 Å². The predicted octanol–water partition coefficient (Wildman–Crippen LogP) is 0.684. The lowest BCUT2D eigenvalue weighted by Gasteiger charge is -1.70. The highest BCUT2D eigenvalue weighted by atomic mass is 14.8. The van der Waals surface area contributed by atoms with Crippen molar-refractivity contribution in [3.05, 3.63) is 0 Å². The van der Waals surface area contributed by atoms with Crippen molar-refractivity contribution in [2.45, 2.75) is 6.92 Å². The third-order valence-corrected chi connectivity index (χ3v) is 0.237. The second kappa shape index (κ2) is 1.64. The van der Waals surface area contributed by atoms with E-state index in [9.17, 15) is 0 Å². The summed E-state index contributed by atoms with van der Waals surface area (Å²) in [6, 6.07) is 0. The van der Waals surface area contributed by atoms with Gasteiger partial charge in [0.2, 0.25) is 0 Å². The zero-order valence-corrected chi connectivity index (χ0v) is 3.15. The Kier molecular flexibility index (Phi) is 1.42. The Labute approximate surface area is 31.0 Å². The quantitative estimate of drug-likeness (QED) is 0.321. The van der Waals surface area contributed by atoms with E-state index < -0.39 is 0 Å². The highest BCUT2D eigenvalue weighted by Crippen LogP contribution is 1.60. The van der Waals surface area contributed by atoms with Crippen molar-refractivity contribution >= 4 is 12.6 Å². The summed E-state index contributed by atoms with van der Waals surface area (Å²) >= 11 is 0. The summed E-state index contributed by atoms with van der Waals surface area (Å²) in [7, 11) is 0. The molecule has 0 fully saturated rings. The van der Waals surface area contributed by atoms with Gasteiger partial charge in [-0.2, -0.15) is 0 Å². The standard InChI is InChI=1S/C3H6N2/c1-3(4)5-2/h4H,2H2,1H3. The van der Waals surface area contributed by atoms with Gasteiger partial charge in [0.05, 0.1) is 0 Å². The van der Waals surface area contributed by atoms with Gasteiger partial charge in [-0.1, -0.05) is 0 Å². The molecule has 0 saturated heterocycles. The highest BCUT2D eigenvalue weighted by Gasteiger charge is 1.63. The molecule has 0 aromatic heterocycles. The molecule has 0 aliphatic rings. The smallest absolute Gasteiger partial charge is 0.116 e. The molecule has 0 atom stereocenters. The van der Waals surface area contributed by atoms with Gasteiger partial charge in [-0.3, -0.25) is 10.4 Å². The van der Waals surface area contributed by atoms with Gasteiger partial charge >= 0.3 is 0 Å². The number of nitrogens with one attached hydrogen (secondary N) is 1. The topological polar surface area (TPSA) is 36.2 Å². The van der Waals surface area contributed by atoms with Gasteiger partial charge < -0.3 is 0 Å². The Morgan fingerprint density at radius 2 is 2.20 bits per heavy atom. The Hall–Kier alpha value is -0.660. The van der Waals surface area contributed by atoms with Crippen LogP contribution < -0.4 is 0 Å². The average Bonchev–Trinajstić information content (AvgIpc) is 1.38. The van der Waals surface area contributed by atoms with Crippen molar-refractivity contribution in [2.24, 2.45) is 4.99 Å².